The van der Waals surface area contributed by atoms with Crippen molar-refractivity contribution >= 4 is 11.8 Å². The molecule has 0 saturated carbocycles. The van der Waals surface area contributed by atoms with Crippen LogP contribution in [0.4, 0.5) is 0 Å². The van der Waals surface area contributed by atoms with Gasteiger partial charge >= 0.3 is 0 Å². The summed E-state index contributed by atoms with van der Waals surface area (Å²) in [6, 6.07) is 2.84. The molecule has 1 aromatic heterocycles. The Balaban J connectivity index is 1.97. The maximum Gasteiger partial charge on any atom is 0.253 e. The second-order valence-corrected chi connectivity index (χ2v) is 5.36. The highest BCUT2D eigenvalue weighted by atomic mass is 16.5. The van der Waals surface area contributed by atoms with E-state index >= 15 is 0 Å². The van der Waals surface area contributed by atoms with E-state index in [0.717, 1.165) is 12.8 Å². The molecule has 0 spiro atoms. The quantitative estimate of drug-likeness (QED) is 0.875. The van der Waals surface area contributed by atoms with Crippen LogP contribution in [0.1, 0.15) is 43.5 Å². The molecule has 1 unspecified atom stereocenters. The summed E-state index contributed by atoms with van der Waals surface area (Å²) in [4.78, 5) is 28.0. The van der Waals surface area contributed by atoms with Gasteiger partial charge in [0.1, 0.15) is 6.04 Å². The molecule has 1 saturated heterocycles. The average molecular weight is 291 g/mol. The van der Waals surface area contributed by atoms with Gasteiger partial charge in [0.15, 0.2) is 0 Å². The minimum atomic E-state index is -0.466. The predicted octanol–water partition coefficient (Wildman–Crippen LogP) is 1.27. The van der Waals surface area contributed by atoms with Crippen LogP contribution in [-0.4, -0.2) is 35.5 Å². The molecule has 1 aromatic rings. The van der Waals surface area contributed by atoms with Gasteiger partial charge in [-0.15, -0.1) is 0 Å². The number of nitrogens with zero attached hydrogens (tertiary/aromatic N) is 1. The molecule has 114 valence electrons. The van der Waals surface area contributed by atoms with Gasteiger partial charge in [0.05, 0.1) is 11.7 Å². The zero-order valence-electron chi connectivity index (χ0n) is 12.4. The van der Waals surface area contributed by atoms with Gasteiger partial charge in [-0.1, -0.05) is 0 Å². The second kappa shape index (κ2) is 7.06. The van der Waals surface area contributed by atoms with Crippen molar-refractivity contribution in [3.63, 3.8) is 0 Å². The highest BCUT2D eigenvalue weighted by Gasteiger charge is 2.22. The lowest BCUT2D eigenvalue weighted by Crippen LogP contribution is -2.45. The number of aromatic nitrogens is 1. The summed E-state index contributed by atoms with van der Waals surface area (Å²) in [5.74, 6) is 0.0722. The van der Waals surface area contributed by atoms with Crippen molar-refractivity contribution < 1.29 is 14.3 Å². The highest BCUT2D eigenvalue weighted by molar-refractivity contribution is 5.97. The number of rotatable bonds is 4. The number of amides is 2. The van der Waals surface area contributed by atoms with E-state index in [1.165, 1.54) is 6.20 Å². The number of hydrogen-bond acceptors (Lipinski definition) is 4. The molecule has 2 heterocycles. The monoisotopic (exact) mass is 291 g/mol. The van der Waals surface area contributed by atoms with Gasteiger partial charge in [-0.3, -0.25) is 9.59 Å². The van der Waals surface area contributed by atoms with Crippen molar-refractivity contribution in [2.45, 2.75) is 45.3 Å². The first-order chi connectivity index (χ1) is 10.1. The lowest BCUT2D eigenvalue weighted by Gasteiger charge is -2.15. The van der Waals surface area contributed by atoms with Crippen LogP contribution in [0.25, 0.3) is 0 Å². The van der Waals surface area contributed by atoms with Crippen molar-refractivity contribution in [1.82, 2.24) is 15.6 Å². The molecule has 0 aromatic carbocycles. The summed E-state index contributed by atoms with van der Waals surface area (Å²) >= 11 is 0. The first-order valence-electron chi connectivity index (χ1n) is 7.27. The third-order valence-electron chi connectivity index (χ3n) is 3.20. The molecule has 0 bridgehead atoms. The molecule has 21 heavy (non-hydrogen) atoms. The zero-order chi connectivity index (χ0) is 15.2. The van der Waals surface area contributed by atoms with Gasteiger partial charge in [0.2, 0.25) is 11.8 Å². The Morgan fingerprint density at radius 3 is 2.90 bits per heavy atom. The van der Waals surface area contributed by atoms with E-state index in [0.29, 0.717) is 24.4 Å². The molecule has 1 fully saturated rings. The van der Waals surface area contributed by atoms with Crippen LogP contribution < -0.4 is 15.4 Å². The summed E-state index contributed by atoms with van der Waals surface area (Å²) in [5, 5.41) is 5.55. The SMILES string of the molecule is CC(C)Oc1ccc(C(=O)NC2CCCCNC2=O)cn1. The minimum absolute atomic E-state index is 0.0341. The Hall–Kier alpha value is -2.11. The van der Waals surface area contributed by atoms with E-state index in [4.69, 9.17) is 4.74 Å². The first-order valence-corrected chi connectivity index (χ1v) is 7.27. The van der Waals surface area contributed by atoms with E-state index in [-0.39, 0.29) is 17.9 Å². The van der Waals surface area contributed by atoms with Crippen LogP contribution >= 0.6 is 0 Å². The topological polar surface area (TPSA) is 80.3 Å². The number of pyridine rings is 1. The smallest absolute Gasteiger partial charge is 0.253 e. The molecule has 1 atom stereocenters. The van der Waals surface area contributed by atoms with Gasteiger partial charge in [-0.25, -0.2) is 4.98 Å². The molecular formula is C15H21N3O3. The fourth-order valence-electron chi connectivity index (χ4n) is 2.14. The van der Waals surface area contributed by atoms with Gasteiger partial charge in [0, 0.05) is 18.8 Å². The molecule has 1 aliphatic rings. The Bertz CT molecular complexity index is 499. The van der Waals surface area contributed by atoms with Crippen LogP contribution in [0, 0.1) is 0 Å². The third-order valence-corrected chi connectivity index (χ3v) is 3.20. The van der Waals surface area contributed by atoms with Gasteiger partial charge in [-0.05, 0) is 39.2 Å². The van der Waals surface area contributed by atoms with Crippen molar-refractivity contribution in [2.75, 3.05) is 6.54 Å². The summed E-state index contributed by atoms with van der Waals surface area (Å²) < 4.78 is 5.43. The van der Waals surface area contributed by atoms with Gasteiger partial charge < -0.3 is 15.4 Å². The van der Waals surface area contributed by atoms with E-state index in [1.807, 2.05) is 13.8 Å². The van der Waals surface area contributed by atoms with Crippen molar-refractivity contribution in [2.24, 2.45) is 0 Å². The fraction of sp³-hybridized carbons (Fsp3) is 0.533. The average Bonchev–Trinajstić information content (AvgIpc) is 2.64. The summed E-state index contributed by atoms with van der Waals surface area (Å²) in [6.45, 7) is 4.49. The van der Waals surface area contributed by atoms with Crippen LogP contribution in [0.2, 0.25) is 0 Å². The number of hydrogen-bond donors (Lipinski definition) is 2. The van der Waals surface area contributed by atoms with Crippen molar-refractivity contribution in [1.29, 1.82) is 0 Å². The van der Waals surface area contributed by atoms with Crippen molar-refractivity contribution in [3.05, 3.63) is 23.9 Å². The number of nitrogens with one attached hydrogen (secondary N) is 2. The standard InChI is InChI=1S/C15H21N3O3/c1-10(2)21-13-7-6-11(9-17-13)14(19)18-12-5-3-4-8-16-15(12)20/h6-7,9-10,12H,3-5,8H2,1-2H3,(H,16,20)(H,18,19). The normalized spacial score (nSPS) is 18.8. The predicted molar refractivity (Wildman–Crippen MR) is 78.1 cm³/mol. The lowest BCUT2D eigenvalue weighted by molar-refractivity contribution is -0.122. The molecule has 2 N–H and O–H groups in total. The zero-order valence-corrected chi connectivity index (χ0v) is 12.4. The number of carbonyl (C=O) groups excluding carboxylic acids is 2. The highest BCUT2D eigenvalue weighted by Crippen LogP contribution is 2.11. The van der Waals surface area contributed by atoms with Crippen LogP contribution in [0.5, 0.6) is 5.88 Å². The van der Waals surface area contributed by atoms with Crippen LogP contribution in [0.3, 0.4) is 0 Å². The Kier molecular flexibility index (Phi) is 5.14. The molecule has 6 heteroatoms. The maximum absolute atomic E-state index is 12.1. The summed E-state index contributed by atoms with van der Waals surface area (Å²) in [7, 11) is 0. The first kappa shape index (κ1) is 15.3. The van der Waals surface area contributed by atoms with Gasteiger partial charge in [-0.2, -0.15) is 0 Å². The molecule has 0 radical (unpaired) electrons. The molecule has 2 amide bonds. The van der Waals surface area contributed by atoms with E-state index in [1.54, 1.807) is 12.1 Å². The number of carbonyl (C=O) groups is 2. The van der Waals surface area contributed by atoms with Crippen molar-refractivity contribution in [3.8, 4) is 5.88 Å². The van der Waals surface area contributed by atoms with E-state index in [9.17, 15) is 9.59 Å². The molecule has 0 aliphatic carbocycles. The molecule has 2 rings (SSSR count). The molecular weight excluding hydrogens is 270 g/mol. The molecule has 1 aliphatic heterocycles. The largest absolute Gasteiger partial charge is 0.475 e. The second-order valence-electron chi connectivity index (χ2n) is 5.36. The third kappa shape index (κ3) is 4.44. The van der Waals surface area contributed by atoms with Crippen LogP contribution in [-0.2, 0) is 4.79 Å². The lowest BCUT2D eigenvalue weighted by atomic mass is 10.1. The molecule has 6 nitrogen and oxygen atoms in total. The van der Waals surface area contributed by atoms with Gasteiger partial charge in [0.25, 0.3) is 5.91 Å². The minimum Gasteiger partial charge on any atom is -0.475 e. The summed E-state index contributed by atoms with van der Waals surface area (Å²) in [5.41, 5.74) is 0.420. The Morgan fingerprint density at radius 1 is 1.43 bits per heavy atom. The Morgan fingerprint density at radius 2 is 2.24 bits per heavy atom. The van der Waals surface area contributed by atoms with Crippen LogP contribution in [0.15, 0.2) is 18.3 Å². The van der Waals surface area contributed by atoms with E-state index in [2.05, 4.69) is 15.6 Å². The maximum atomic E-state index is 12.1. The summed E-state index contributed by atoms with van der Waals surface area (Å²) in [6.07, 6.45) is 4.03. The fourth-order valence-corrected chi connectivity index (χ4v) is 2.14. The van der Waals surface area contributed by atoms with E-state index < -0.39 is 6.04 Å². The Labute approximate surface area is 124 Å². The number of ether oxygens (including phenoxy) is 1.